The second-order valence-corrected chi connectivity index (χ2v) is 14.4. The highest BCUT2D eigenvalue weighted by Gasteiger charge is 2.49. The molecule has 2 fully saturated rings. The summed E-state index contributed by atoms with van der Waals surface area (Å²) >= 11 is 0. The fourth-order valence-electron chi connectivity index (χ4n) is 6.81. The SMILES string of the molecule is COc1ccc(N=C(C2C(=O)OC(C)(C)OC2=O)N(Cc2ccc(CC(C)(C)C)cc2)CC2(c3ccccc3)CCCC2)c(OC)c1. The van der Waals surface area contributed by atoms with Crippen LogP contribution in [-0.4, -0.2) is 49.2 Å². The van der Waals surface area contributed by atoms with Gasteiger partial charge >= 0.3 is 11.9 Å². The van der Waals surface area contributed by atoms with Gasteiger partial charge in [-0.2, -0.15) is 0 Å². The molecule has 1 aliphatic carbocycles. The molecule has 8 heteroatoms. The van der Waals surface area contributed by atoms with Crippen LogP contribution in [0.3, 0.4) is 0 Å². The molecule has 0 N–H and O–H groups in total. The molecule has 0 bridgehead atoms. The molecule has 0 unspecified atom stereocenters. The van der Waals surface area contributed by atoms with Gasteiger partial charge in [-0.3, -0.25) is 9.59 Å². The van der Waals surface area contributed by atoms with Crippen LogP contribution in [0.4, 0.5) is 5.69 Å². The molecule has 1 saturated heterocycles. The first kappa shape index (κ1) is 34.0. The number of carbonyl (C=O) groups excluding carboxylic acids is 2. The number of nitrogens with zero attached hydrogens (tertiary/aromatic N) is 2. The number of ether oxygens (including phenoxy) is 4. The van der Waals surface area contributed by atoms with Gasteiger partial charge in [0, 0.05) is 38.4 Å². The molecule has 0 amide bonds. The van der Waals surface area contributed by atoms with E-state index in [0.717, 1.165) is 37.7 Å². The maximum atomic E-state index is 13.7. The van der Waals surface area contributed by atoms with Crippen molar-refractivity contribution in [1.29, 1.82) is 0 Å². The minimum Gasteiger partial charge on any atom is -0.497 e. The lowest BCUT2D eigenvalue weighted by molar-refractivity contribution is -0.236. The van der Waals surface area contributed by atoms with Crippen molar-refractivity contribution >= 4 is 23.5 Å². The highest BCUT2D eigenvalue weighted by Crippen LogP contribution is 2.43. The van der Waals surface area contributed by atoms with Crippen LogP contribution in [-0.2, 0) is 37.4 Å². The summed E-state index contributed by atoms with van der Waals surface area (Å²) in [7, 11) is 3.14. The number of esters is 2. The van der Waals surface area contributed by atoms with E-state index in [1.165, 1.54) is 11.1 Å². The normalized spacial score (nSPS) is 18.0. The Bertz CT molecular complexity index is 1560. The van der Waals surface area contributed by atoms with E-state index in [0.29, 0.717) is 30.3 Å². The average Bonchev–Trinajstić information content (AvgIpc) is 3.50. The van der Waals surface area contributed by atoms with Crippen molar-refractivity contribution in [1.82, 2.24) is 4.90 Å². The summed E-state index contributed by atoms with van der Waals surface area (Å²) in [6.45, 7) is 10.8. The van der Waals surface area contributed by atoms with Gasteiger partial charge < -0.3 is 23.8 Å². The molecule has 1 aliphatic heterocycles. The molecule has 0 aromatic heterocycles. The smallest absolute Gasteiger partial charge is 0.331 e. The number of carbonyl (C=O) groups is 2. The number of benzene rings is 3. The van der Waals surface area contributed by atoms with Gasteiger partial charge in [-0.15, -0.1) is 0 Å². The molecule has 0 spiro atoms. The van der Waals surface area contributed by atoms with Gasteiger partial charge in [0.05, 0.1) is 14.2 Å². The van der Waals surface area contributed by atoms with Crippen molar-refractivity contribution < 1.29 is 28.5 Å². The standard InChI is InChI=1S/C39H48N2O6/c1-37(2,3)24-27-15-17-28(18-16-27)25-41(26-39(21-11-12-22-39)29-13-9-8-10-14-29)34(33-35(42)46-38(4,5)47-36(33)43)40-31-20-19-30(44-6)23-32(31)45-7/h8-10,13-20,23,33H,11-12,21-22,24-26H2,1-7H3. The van der Waals surface area contributed by atoms with E-state index in [2.05, 4.69) is 74.2 Å². The van der Waals surface area contributed by atoms with Gasteiger partial charge in [-0.05, 0) is 53.5 Å². The number of amidine groups is 1. The topological polar surface area (TPSA) is 86.7 Å². The second-order valence-electron chi connectivity index (χ2n) is 14.4. The minimum atomic E-state index is -1.38. The van der Waals surface area contributed by atoms with Gasteiger partial charge in [-0.1, -0.05) is 88.2 Å². The summed E-state index contributed by atoms with van der Waals surface area (Å²) in [5.74, 6) is -2.83. The molecule has 1 heterocycles. The fraction of sp³-hybridized carbons (Fsp3) is 0.462. The van der Waals surface area contributed by atoms with Crippen molar-refractivity contribution in [2.45, 2.75) is 84.5 Å². The maximum absolute atomic E-state index is 13.7. The lowest BCUT2D eigenvalue weighted by Crippen LogP contribution is -2.54. The highest BCUT2D eigenvalue weighted by molar-refractivity contribution is 6.17. The average molecular weight is 641 g/mol. The largest absolute Gasteiger partial charge is 0.497 e. The zero-order valence-corrected chi connectivity index (χ0v) is 28.8. The van der Waals surface area contributed by atoms with Crippen LogP contribution in [0.15, 0.2) is 77.8 Å². The quantitative estimate of drug-likeness (QED) is 0.0968. The molecule has 3 aromatic carbocycles. The van der Waals surface area contributed by atoms with Gasteiger partial charge in [0.1, 0.15) is 23.0 Å². The molecular formula is C39H48N2O6. The number of cyclic esters (lactones) is 2. The Morgan fingerprint density at radius 1 is 0.872 bits per heavy atom. The summed E-state index contributed by atoms with van der Waals surface area (Å²) in [5, 5.41) is 0. The first-order valence-electron chi connectivity index (χ1n) is 16.5. The molecule has 250 valence electrons. The molecule has 3 aromatic rings. The van der Waals surface area contributed by atoms with Gasteiger partial charge in [0.25, 0.3) is 5.79 Å². The number of hydrogen-bond donors (Lipinski definition) is 0. The third-order valence-corrected chi connectivity index (χ3v) is 8.94. The van der Waals surface area contributed by atoms with Crippen LogP contribution in [0, 0.1) is 11.3 Å². The second kappa shape index (κ2) is 13.8. The van der Waals surface area contributed by atoms with E-state index < -0.39 is 23.6 Å². The number of aliphatic imine (C=N–C) groups is 1. The van der Waals surface area contributed by atoms with E-state index in [9.17, 15) is 9.59 Å². The third kappa shape index (κ3) is 8.16. The number of methoxy groups -OCH3 is 2. The lowest BCUT2D eigenvalue weighted by Gasteiger charge is -2.40. The summed E-state index contributed by atoms with van der Waals surface area (Å²) < 4.78 is 22.5. The number of hydrogen-bond acceptors (Lipinski definition) is 7. The Morgan fingerprint density at radius 2 is 1.49 bits per heavy atom. The molecular weight excluding hydrogens is 592 g/mol. The van der Waals surface area contributed by atoms with Crippen molar-refractivity contribution in [3.05, 3.63) is 89.5 Å². The molecule has 1 saturated carbocycles. The molecule has 0 atom stereocenters. The Balaban J connectivity index is 1.66. The highest BCUT2D eigenvalue weighted by atomic mass is 16.7. The fourth-order valence-corrected chi connectivity index (χ4v) is 6.81. The molecule has 5 rings (SSSR count). The predicted octanol–water partition coefficient (Wildman–Crippen LogP) is 7.79. The van der Waals surface area contributed by atoms with Crippen LogP contribution in [0.5, 0.6) is 11.5 Å². The van der Waals surface area contributed by atoms with Crippen LogP contribution < -0.4 is 9.47 Å². The lowest BCUT2D eigenvalue weighted by atomic mass is 9.78. The van der Waals surface area contributed by atoms with Crippen LogP contribution in [0.25, 0.3) is 0 Å². The summed E-state index contributed by atoms with van der Waals surface area (Å²) in [6.07, 6.45) is 5.08. The summed E-state index contributed by atoms with van der Waals surface area (Å²) in [5.41, 5.74) is 3.93. The van der Waals surface area contributed by atoms with E-state index in [4.69, 9.17) is 23.9 Å². The van der Waals surface area contributed by atoms with Crippen LogP contribution >= 0.6 is 0 Å². The Hall–Kier alpha value is -4.33. The Morgan fingerprint density at radius 3 is 2.06 bits per heavy atom. The van der Waals surface area contributed by atoms with Crippen LogP contribution in [0.2, 0.25) is 0 Å². The van der Waals surface area contributed by atoms with Crippen molar-refractivity contribution in [2.24, 2.45) is 16.3 Å². The van der Waals surface area contributed by atoms with Gasteiger partial charge in [0.15, 0.2) is 0 Å². The monoisotopic (exact) mass is 640 g/mol. The zero-order chi connectivity index (χ0) is 33.8. The Labute approximate surface area is 279 Å². The van der Waals surface area contributed by atoms with E-state index in [-0.39, 0.29) is 16.7 Å². The summed E-state index contributed by atoms with van der Waals surface area (Å²) in [4.78, 5) is 34.6. The predicted molar refractivity (Wildman–Crippen MR) is 183 cm³/mol. The Kier molecular flexibility index (Phi) is 9.99. The molecule has 0 radical (unpaired) electrons. The van der Waals surface area contributed by atoms with Crippen molar-refractivity contribution in [2.75, 3.05) is 20.8 Å². The number of rotatable bonds is 10. The minimum absolute atomic E-state index is 0.158. The van der Waals surface area contributed by atoms with Gasteiger partial charge in [0.2, 0.25) is 5.92 Å². The molecule has 47 heavy (non-hydrogen) atoms. The molecule has 8 nitrogen and oxygen atoms in total. The van der Waals surface area contributed by atoms with E-state index >= 15 is 0 Å². The van der Waals surface area contributed by atoms with Crippen molar-refractivity contribution in [3.8, 4) is 11.5 Å². The van der Waals surface area contributed by atoms with E-state index in [1.807, 2.05) is 6.07 Å². The first-order chi connectivity index (χ1) is 22.3. The van der Waals surface area contributed by atoms with E-state index in [1.54, 1.807) is 46.3 Å². The van der Waals surface area contributed by atoms with Crippen molar-refractivity contribution in [3.63, 3.8) is 0 Å². The third-order valence-electron chi connectivity index (χ3n) is 8.94. The van der Waals surface area contributed by atoms with Gasteiger partial charge in [-0.25, -0.2) is 4.99 Å². The zero-order valence-electron chi connectivity index (χ0n) is 28.8. The molecule has 2 aliphatic rings. The van der Waals surface area contributed by atoms with Crippen LogP contribution in [0.1, 0.15) is 77.0 Å². The summed E-state index contributed by atoms with van der Waals surface area (Å²) in [6, 6.07) is 24.4. The first-order valence-corrected chi connectivity index (χ1v) is 16.5. The maximum Gasteiger partial charge on any atom is 0.331 e.